The van der Waals surface area contributed by atoms with Gasteiger partial charge in [-0.1, -0.05) is 6.08 Å². The lowest BCUT2D eigenvalue weighted by Gasteiger charge is -2.19. The lowest BCUT2D eigenvalue weighted by atomic mass is 10.2. The Bertz CT molecular complexity index is 460. The van der Waals surface area contributed by atoms with Crippen molar-refractivity contribution in [1.29, 1.82) is 0 Å². The number of hydrogen-bond acceptors (Lipinski definition) is 4. The third-order valence-electron chi connectivity index (χ3n) is 2.64. The molecule has 2 N–H and O–H groups in total. The molecule has 0 saturated carbocycles. The Morgan fingerprint density at radius 2 is 2.11 bits per heavy atom. The molecule has 5 nitrogen and oxygen atoms in total. The van der Waals surface area contributed by atoms with Crippen molar-refractivity contribution in [2.45, 2.75) is 6.42 Å². The van der Waals surface area contributed by atoms with E-state index in [-0.39, 0.29) is 12.5 Å². The Hall–Kier alpha value is -2.01. The number of hydrogen-bond donors (Lipinski definition) is 2. The predicted octanol–water partition coefficient (Wildman–Crippen LogP) is 1.56. The molecule has 19 heavy (non-hydrogen) atoms. The fourth-order valence-corrected chi connectivity index (χ4v) is 1.73. The zero-order valence-electron chi connectivity index (χ0n) is 10.8. The summed E-state index contributed by atoms with van der Waals surface area (Å²) in [6.45, 7) is 5.74. The largest absolute Gasteiger partial charge is 0.486 e. The summed E-state index contributed by atoms with van der Waals surface area (Å²) in [5, 5.41) is 5.84. The lowest BCUT2D eigenvalue weighted by molar-refractivity contribution is -0.115. The van der Waals surface area contributed by atoms with Crippen molar-refractivity contribution in [3.63, 3.8) is 0 Å². The smallest absolute Gasteiger partial charge is 0.238 e. The summed E-state index contributed by atoms with van der Waals surface area (Å²) in [6, 6.07) is 5.38. The van der Waals surface area contributed by atoms with Gasteiger partial charge in [-0.05, 0) is 25.1 Å². The monoisotopic (exact) mass is 262 g/mol. The molecule has 0 spiro atoms. The number of nitrogens with one attached hydrogen (secondary N) is 2. The summed E-state index contributed by atoms with van der Waals surface area (Å²) >= 11 is 0. The molecule has 0 radical (unpaired) electrons. The van der Waals surface area contributed by atoms with Gasteiger partial charge in [-0.15, -0.1) is 6.58 Å². The maximum Gasteiger partial charge on any atom is 0.238 e. The van der Waals surface area contributed by atoms with E-state index in [1.807, 2.05) is 6.08 Å². The number of fused-ring (bicyclic) bond motifs is 1. The average Bonchev–Trinajstić information content (AvgIpc) is 2.43. The standard InChI is InChI=1S/C14H18N2O3/c1-2-3-6-15-10-14(17)16-11-4-5-12-13(9-11)19-8-7-18-12/h2,4-5,9,15H,1,3,6-8,10H2,(H,16,17). The number of benzene rings is 1. The quantitative estimate of drug-likeness (QED) is 0.603. The van der Waals surface area contributed by atoms with Gasteiger partial charge >= 0.3 is 0 Å². The highest BCUT2D eigenvalue weighted by Gasteiger charge is 2.12. The molecule has 0 aliphatic carbocycles. The van der Waals surface area contributed by atoms with Crippen LogP contribution in [0, 0.1) is 0 Å². The van der Waals surface area contributed by atoms with Crippen molar-refractivity contribution in [3.8, 4) is 11.5 Å². The molecule has 0 unspecified atom stereocenters. The van der Waals surface area contributed by atoms with Gasteiger partial charge in [-0.2, -0.15) is 0 Å². The average molecular weight is 262 g/mol. The van der Waals surface area contributed by atoms with Crippen LogP contribution in [0.2, 0.25) is 0 Å². The number of rotatable bonds is 6. The van der Waals surface area contributed by atoms with Crippen LogP contribution in [-0.2, 0) is 4.79 Å². The molecule has 0 bridgehead atoms. The van der Waals surface area contributed by atoms with Crippen LogP contribution in [0.3, 0.4) is 0 Å². The molecule has 0 fully saturated rings. The van der Waals surface area contributed by atoms with Crippen LogP contribution in [-0.4, -0.2) is 32.2 Å². The van der Waals surface area contributed by atoms with Gasteiger partial charge in [0.25, 0.3) is 0 Å². The normalized spacial score (nSPS) is 12.8. The molecule has 1 amide bonds. The molecule has 102 valence electrons. The molecule has 1 heterocycles. The van der Waals surface area contributed by atoms with Gasteiger partial charge in [-0.25, -0.2) is 0 Å². The van der Waals surface area contributed by atoms with E-state index in [1.165, 1.54) is 0 Å². The third kappa shape index (κ3) is 3.99. The van der Waals surface area contributed by atoms with Crippen molar-refractivity contribution in [2.24, 2.45) is 0 Å². The lowest BCUT2D eigenvalue weighted by Crippen LogP contribution is -2.28. The molecular formula is C14H18N2O3. The van der Waals surface area contributed by atoms with Crippen LogP contribution in [0.5, 0.6) is 11.5 Å². The van der Waals surface area contributed by atoms with Crippen molar-refractivity contribution < 1.29 is 14.3 Å². The predicted molar refractivity (Wildman–Crippen MR) is 73.7 cm³/mol. The molecule has 1 aromatic rings. The number of ether oxygens (including phenoxy) is 2. The Labute approximate surface area is 112 Å². The minimum Gasteiger partial charge on any atom is -0.486 e. The Morgan fingerprint density at radius 1 is 1.32 bits per heavy atom. The van der Waals surface area contributed by atoms with E-state index in [9.17, 15) is 4.79 Å². The fraction of sp³-hybridized carbons (Fsp3) is 0.357. The minimum atomic E-state index is -0.0826. The molecule has 0 saturated heterocycles. The van der Waals surface area contributed by atoms with Gasteiger partial charge < -0.3 is 20.1 Å². The van der Waals surface area contributed by atoms with Crippen LogP contribution < -0.4 is 20.1 Å². The van der Waals surface area contributed by atoms with Gasteiger partial charge in [0, 0.05) is 11.8 Å². The summed E-state index contributed by atoms with van der Waals surface area (Å²) in [4.78, 5) is 11.7. The topological polar surface area (TPSA) is 59.6 Å². The van der Waals surface area contributed by atoms with E-state index < -0.39 is 0 Å². The summed E-state index contributed by atoms with van der Waals surface area (Å²) in [5.41, 5.74) is 0.708. The van der Waals surface area contributed by atoms with E-state index in [0.717, 1.165) is 13.0 Å². The summed E-state index contributed by atoms with van der Waals surface area (Å²) in [6.07, 6.45) is 2.66. The van der Waals surface area contributed by atoms with E-state index in [2.05, 4.69) is 17.2 Å². The first-order valence-electron chi connectivity index (χ1n) is 6.30. The minimum absolute atomic E-state index is 0.0826. The van der Waals surface area contributed by atoms with Crippen molar-refractivity contribution in [1.82, 2.24) is 5.32 Å². The van der Waals surface area contributed by atoms with Crippen LogP contribution in [0.1, 0.15) is 6.42 Å². The highest BCUT2D eigenvalue weighted by Crippen LogP contribution is 2.32. The van der Waals surface area contributed by atoms with Crippen molar-refractivity contribution >= 4 is 11.6 Å². The van der Waals surface area contributed by atoms with Crippen LogP contribution >= 0.6 is 0 Å². The van der Waals surface area contributed by atoms with E-state index in [1.54, 1.807) is 18.2 Å². The highest BCUT2D eigenvalue weighted by molar-refractivity contribution is 5.92. The van der Waals surface area contributed by atoms with Gasteiger partial charge in [0.15, 0.2) is 11.5 Å². The number of carbonyl (C=O) groups is 1. The summed E-state index contributed by atoms with van der Waals surface area (Å²) in [7, 11) is 0. The van der Waals surface area contributed by atoms with Crippen molar-refractivity contribution in [2.75, 3.05) is 31.6 Å². The maximum absolute atomic E-state index is 11.7. The third-order valence-corrected chi connectivity index (χ3v) is 2.64. The molecule has 0 atom stereocenters. The number of amides is 1. The van der Waals surface area contributed by atoms with E-state index in [0.29, 0.717) is 30.4 Å². The van der Waals surface area contributed by atoms with Gasteiger partial charge in [0.05, 0.1) is 6.54 Å². The van der Waals surface area contributed by atoms with Crippen LogP contribution in [0.4, 0.5) is 5.69 Å². The van der Waals surface area contributed by atoms with Crippen LogP contribution in [0.25, 0.3) is 0 Å². The first kappa shape index (κ1) is 13.4. The summed E-state index contributed by atoms with van der Waals surface area (Å²) < 4.78 is 10.9. The zero-order valence-corrected chi connectivity index (χ0v) is 10.8. The van der Waals surface area contributed by atoms with Crippen LogP contribution in [0.15, 0.2) is 30.9 Å². The second kappa shape index (κ2) is 6.80. The first-order chi connectivity index (χ1) is 9.29. The summed E-state index contributed by atoms with van der Waals surface area (Å²) in [5.74, 6) is 1.30. The van der Waals surface area contributed by atoms with E-state index >= 15 is 0 Å². The maximum atomic E-state index is 11.7. The van der Waals surface area contributed by atoms with E-state index in [4.69, 9.17) is 9.47 Å². The van der Waals surface area contributed by atoms with Crippen molar-refractivity contribution in [3.05, 3.63) is 30.9 Å². The Balaban J connectivity index is 1.85. The Kier molecular flexibility index (Phi) is 4.80. The zero-order chi connectivity index (χ0) is 13.5. The molecule has 1 aliphatic rings. The second-order valence-electron chi connectivity index (χ2n) is 4.16. The SMILES string of the molecule is C=CCCNCC(=O)Nc1ccc2c(c1)OCCO2. The van der Waals surface area contributed by atoms with Gasteiger partial charge in [0.2, 0.25) is 5.91 Å². The molecule has 5 heteroatoms. The first-order valence-corrected chi connectivity index (χ1v) is 6.30. The molecule has 1 aromatic carbocycles. The number of carbonyl (C=O) groups excluding carboxylic acids is 1. The molecule has 2 rings (SSSR count). The Morgan fingerprint density at radius 3 is 2.89 bits per heavy atom. The molecule has 0 aromatic heterocycles. The second-order valence-corrected chi connectivity index (χ2v) is 4.16. The number of anilines is 1. The molecule has 1 aliphatic heterocycles. The molecular weight excluding hydrogens is 244 g/mol. The highest BCUT2D eigenvalue weighted by atomic mass is 16.6. The van der Waals surface area contributed by atoms with Gasteiger partial charge in [-0.3, -0.25) is 4.79 Å². The fourth-order valence-electron chi connectivity index (χ4n) is 1.73. The van der Waals surface area contributed by atoms with Gasteiger partial charge in [0.1, 0.15) is 13.2 Å².